The Labute approximate surface area is 123 Å². The van der Waals surface area contributed by atoms with Crippen LogP contribution in [0.1, 0.15) is 60.6 Å². The minimum atomic E-state index is -0.328. The SMILES string of the molecule is CCC(C)(C)c1ccc(B2OC(C)(C)C(C)(C)O2)cn1. The van der Waals surface area contributed by atoms with Crippen molar-refractivity contribution in [3.05, 3.63) is 24.0 Å². The second kappa shape index (κ2) is 4.85. The molecule has 2 rings (SSSR count). The number of aromatic nitrogens is 1. The molecule has 1 aliphatic heterocycles. The lowest BCUT2D eigenvalue weighted by atomic mass is 9.79. The van der Waals surface area contributed by atoms with Gasteiger partial charge in [0.1, 0.15) is 0 Å². The van der Waals surface area contributed by atoms with Gasteiger partial charge in [0, 0.05) is 22.8 Å². The Bertz CT molecular complexity index is 464. The predicted octanol–water partition coefficient (Wildman–Crippen LogP) is 3.07. The van der Waals surface area contributed by atoms with E-state index in [4.69, 9.17) is 9.31 Å². The van der Waals surface area contributed by atoms with Crippen molar-refractivity contribution in [2.75, 3.05) is 0 Å². The molecule has 1 saturated heterocycles. The van der Waals surface area contributed by atoms with Gasteiger partial charge in [0.25, 0.3) is 0 Å². The van der Waals surface area contributed by atoms with Gasteiger partial charge in [-0.2, -0.15) is 0 Å². The van der Waals surface area contributed by atoms with Crippen LogP contribution in [0.4, 0.5) is 0 Å². The Hall–Kier alpha value is -0.865. The molecular weight excluding hydrogens is 249 g/mol. The molecule has 1 aliphatic rings. The smallest absolute Gasteiger partial charge is 0.399 e. The first kappa shape index (κ1) is 15.5. The van der Waals surface area contributed by atoms with E-state index in [2.05, 4.69) is 65.6 Å². The van der Waals surface area contributed by atoms with Crippen molar-refractivity contribution in [1.29, 1.82) is 0 Å². The van der Waals surface area contributed by atoms with Gasteiger partial charge in [-0.1, -0.05) is 26.8 Å². The molecule has 1 aromatic heterocycles. The summed E-state index contributed by atoms with van der Waals surface area (Å²) in [6.07, 6.45) is 2.95. The summed E-state index contributed by atoms with van der Waals surface area (Å²) in [5, 5.41) is 0. The van der Waals surface area contributed by atoms with E-state index in [-0.39, 0.29) is 23.7 Å². The second-order valence-electron chi connectivity index (χ2n) is 7.30. The van der Waals surface area contributed by atoms with Crippen molar-refractivity contribution in [2.45, 2.75) is 71.5 Å². The summed E-state index contributed by atoms with van der Waals surface area (Å²) >= 11 is 0. The van der Waals surface area contributed by atoms with Crippen LogP contribution in [0.25, 0.3) is 0 Å². The molecule has 0 spiro atoms. The number of hydrogen-bond donors (Lipinski definition) is 0. The highest BCUT2D eigenvalue weighted by Crippen LogP contribution is 2.36. The molecule has 0 unspecified atom stereocenters. The van der Waals surface area contributed by atoms with Crippen LogP contribution in [0.2, 0.25) is 0 Å². The van der Waals surface area contributed by atoms with Crippen LogP contribution in [0.15, 0.2) is 18.3 Å². The molecular formula is C16H26BNO2. The predicted molar refractivity (Wildman–Crippen MR) is 83.3 cm³/mol. The Morgan fingerprint density at radius 1 is 1.10 bits per heavy atom. The topological polar surface area (TPSA) is 31.4 Å². The van der Waals surface area contributed by atoms with Crippen molar-refractivity contribution in [1.82, 2.24) is 4.98 Å². The fourth-order valence-electron chi connectivity index (χ4n) is 2.11. The lowest BCUT2D eigenvalue weighted by Gasteiger charge is -2.32. The van der Waals surface area contributed by atoms with E-state index in [9.17, 15) is 0 Å². The van der Waals surface area contributed by atoms with Crippen LogP contribution in [0, 0.1) is 0 Å². The summed E-state index contributed by atoms with van der Waals surface area (Å²) in [5.41, 5.74) is 1.59. The summed E-state index contributed by atoms with van der Waals surface area (Å²) in [4.78, 5) is 4.60. The van der Waals surface area contributed by atoms with E-state index >= 15 is 0 Å². The first-order chi connectivity index (χ1) is 9.09. The van der Waals surface area contributed by atoms with Crippen LogP contribution < -0.4 is 5.46 Å². The fraction of sp³-hybridized carbons (Fsp3) is 0.688. The van der Waals surface area contributed by atoms with Gasteiger partial charge in [-0.15, -0.1) is 0 Å². The number of nitrogens with zero attached hydrogens (tertiary/aromatic N) is 1. The van der Waals surface area contributed by atoms with Gasteiger partial charge < -0.3 is 9.31 Å². The zero-order valence-electron chi connectivity index (χ0n) is 13.8. The summed E-state index contributed by atoms with van der Waals surface area (Å²) in [5.74, 6) is 0. The van der Waals surface area contributed by atoms with Crippen LogP contribution in [0.5, 0.6) is 0 Å². The molecule has 4 heteroatoms. The average molecular weight is 275 g/mol. The summed E-state index contributed by atoms with van der Waals surface area (Å²) in [6.45, 7) is 14.9. The molecule has 0 saturated carbocycles. The zero-order chi connectivity index (χ0) is 15.2. The molecule has 1 aromatic rings. The van der Waals surface area contributed by atoms with Gasteiger partial charge in [-0.25, -0.2) is 0 Å². The first-order valence-corrected chi connectivity index (χ1v) is 7.41. The quantitative estimate of drug-likeness (QED) is 0.794. The summed E-state index contributed by atoms with van der Waals surface area (Å²) in [7, 11) is -0.328. The van der Waals surface area contributed by atoms with Crippen LogP contribution in [-0.4, -0.2) is 23.3 Å². The van der Waals surface area contributed by atoms with Crippen molar-refractivity contribution < 1.29 is 9.31 Å². The lowest BCUT2D eigenvalue weighted by molar-refractivity contribution is 0.00578. The number of rotatable bonds is 3. The number of hydrogen-bond acceptors (Lipinski definition) is 3. The summed E-state index contributed by atoms with van der Waals surface area (Å²) < 4.78 is 12.1. The Morgan fingerprint density at radius 2 is 1.65 bits per heavy atom. The zero-order valence-corrected chi connectivity index (χ0v) is 13.8. The molecule has 20 heavy (non-hydrogen) atoms. The first-order valence-electron chi connectivity index (χ1n) is 7.41. The van der Waals surface area contributed by atoms with Gasteiger partial charge in [0.2, 0.25) is 0 Å². The van der Waals surface area contributed by atoms with Crippen molar-refractivity contribution in [3.63, 3.8) is 0 Å². The van der Waals surface area contributed by atoms with Crippen molar-refractivity contribution in [3.8, 4) is 0 Å². The third kappa shape index (κ3) is 2.64. The molecule has 0 atom stereocenters. The molecule has 0 amide bonds. The fourth-order valence-corrected chi connectivity index (χ4v) is 2.11. The Balaban J connectivity index is 2.21. The van der Waals surface area contributed by atoms with Gasteiger partial charge >= 0.3 is 7.12 Å². The van der Waals surface area contributed by atoms with Gasteiger partial charge in [-0.3, -0.25) is 4.98 Å². The van der Waals surface area contributed by atoms with Crippen molar-refractivity contribution >= 4 is 12.6 Å². The Kier molecular flexibility index (Phi) is 3.76. The minimum absolute atomic E-state index is 0.106. The van der Waals surface area contributed by atoms with Gasteiger partial charge in [0.15, 0.2) is 0 Å². The normalized spacial score (nSPS) is 21.2. The molecule has 0 N–H and O–H groups in total. The molecule has 110 valence electrons. The largest absolute Gasteiger partial charge is 0.496 e. The van der Waals surface area contributed by atoms with E-state index in [1.165, 1.54) is 0 Å². The minimum Gasteiger partial charge on any atom is -0.399 e. The average Bonchev–Trinajstić information content (AvgIpc) is 2.59. The second-order valence-corrected chi connectivity index (χ2v) is 7.30. The highest BCUT2D eigenvalue weighted by molar-refractivity contribution is 6.62. The van der Waals surface area contributed by atoms with E-state index in [1.807, 2.05) is 6.20 Å². The summed E-state index contributed by atoms with van der Waals surface area (Å²) in [6, 6.07) is 4.16. The molecule has 0 aliphatic carbocycles. The van der Waals surface area contributed by atoms with Crippen molar-refractivity contribution in [2.24, 2.45) is 0 Å². The molecule has 0 aromatic carbocycles. The van der Waals surface area contributed by atoms with E-state index < -0.39 is 0 Å². The maximum atomic E-state index is 6.04. The van der Waals surface area contributed by atoms with Crippen LogP contribution in [-0.2, 0) is 14.7 Å². The molecule has 0 radical (unpaired) electrons. The standard InChI is InChI=1S/C16H26BNO2/c1-8-14(2,3)13-10-9-12(11-18-13)17-19-15(4,5)16(6,7)20-17/h9-11H,8H2,1-7H3. The molecule has 0 bridgehead atoms. The monoisotopic (exact) mass is 275 g/mol. The van der Waals surface area contributed by atoms with E-state index in [0.29, 0.717) is 0 Å². The lowest BCUT2D eigenvalue weighted by Crippen LogP contribution is -2.41. The highest BCUT2D eigenvalue weighted by atomic mass is 16.7. The number of pyridine rings is 1. The van der Waals surface area contributed by atoms with E-state index in [0.717, 1.165) is 17.6 Å². The third-order valence-electron chi connectivity index (χ3n) is 4.89. The van der Waals surface area contributed by atoms with Crippen LogP contribution >= 0.6 is 0 Å². The van der Waals surface area contributed by atoms with Gasteiger partial charge in [-0.05, 0) is 40.2 Å². The maximum absolute atomic E-state index is 6.04. The molecule has 2 heterocycles. The third-order valence-corrected chi connectivity index (χ3v) is 4.89. The maximum Gasteiger partial charge on any atom is 0.496 e. The van der Waals surface area contributed by atoms with E-state index in [1.54, 1.807) is 0 Å². The van der Waals surface area contributed by atoms with Gasteiger partial charge in [0.05, 0.1) is 11.2 Å². The molecule has 1 fully saturated rings. The van der Waals surface area contributed by atoms with Crippen LogP contribution in [0.3, 0.4) is 0 Å². The Morgan fingerprint density at radius 3 is 2.05 bits per heavy atom. The molecule has 3 nitrogen and oxygen atoms in total. The highest BCUT2D eigenvalue weighted by Gasteiger charge is 2.51.